The van der Waals surface area contributed by atoms with Gasteiger partial charge in [0.25, 0.3) is 5.91 Å². The van der Waals surface area contributed by atoms with E-state index in [0.29, 0.717) is 23.6 Å². The standard InChI is InChI=1S/C21H26N2O3/c1-5-26-18-9-7-6-8-17(18)23-19(24)14-22-20(25)15-10-12-16(13-11-15)21(2,3)4/h6-13H,5,14H2,1-4H3,(H,22,25)(H,23,24). The van der Waals surface area contributed by atoms with Crippen molar-refractivity contribution in [2.75, 3.05) is 18.5 Å². The highest BCUT2D eigenvalue weighted by atomic mass is 16.5. The molecule has 2 rings (SSSR count). The minimum atomic E-state index is -0.309. The Bertz CT molecular complexity index is 762. The molecule has 2 aromatic carbocycles. The number of rotatable bonds is 6. The van der Waals surface area contributed by atoms with E-state index in [1.54, 1.807) is 24.3 Å². The van der Waals surface area contributed by atoms with Crippen molar-refractivity contribution in [3.8, 4) is 5.75 Å². The van der Waals surface area contributed by atoms with Crippen LogP contribution in [0.25, 0.3) is 0 Å². The zero-order valence-electron chi connectivity index (χ0n) is 15.8. The first kappa shape index (κ1) is 19.5. The number of amides is 2. The highest BCUT2D eigenvalue weighted by Gasteiger charge is 2.15. The van der Waals surface area contributed by atoms with Crippen LogP contribution in [0.4, 0.5) is 5.69 Å². The van der Waals surface area contributed by atoms with Crippen LogP contribution in [0.1, 0.15) is 43.6 Å². The quantitative estimate of drug-likeness (QED) is 0.830. The molecule has 0 spiro atoms. The van der Waals surface area contributed by atoms with Crippen molar-refractivity contribution in [3.05, 3.63) is 59.7 Å². The molecule has 0 saturated heterocycles. The zero-order valence-corrected chi connectivity index (χ0v) is 15.8. The minimum Gasteiger partial charge on any atom is -0.492 e. The number of para-hydroxylation sites is 2. The Morgan fingerprint density at radius 1 is 1.00 bits per heavy atom. The summed E-state index contributed by atoms with van der Waals surface area (Å²) >= 11 is 0. The van der Waals surface area contributed by atoms with E-state index in [1.165, 1.54) is 0 Å². The molecule has 0 saturated carbocycles. The van der Waals surface area contributed by atoms with E-state index in [2.05, 4.69) is 31.4 Å². The maximum absolute atomic E-state index is 12.2. The van der Waals surface area contributed by atoms with Gasteiger partial charge in [0.1, 0.15) is 5.75 Å². The van der Waals surface area contributed by atoms with Crippen molar-refractivity contribution < 1.29 is 14.3 Å². The van der Waals surface area contributed by atoms with Crippen LogP contribution in [0.5, 0.6) is 5.75 Å². The van der Waals surface area contributed by atoms with Crippen LogP contribution in [-0.4, -0.2) is 25.0 Å². The lowest BCUT2D eigenvalue weighted by Crippen LogP contribution is -2.33. The van der Waals surface area contributed by atoms with Crippen LogP contribution < -0.4 is 15.4 Å². The number of anilines is 1. The van der Waals surface area contributed by atoms with Crippen LogP contribution >= 0.6 is 0 Å². The summed E-state index contributed by atoms with van der Waals surface area (Å²) in [6.45, 7) is 8.63. The average molecular weight is 354 g/mol. The van der Waals surface area contributed by atoms with E-state index < -0.39 is 0 Å². The van der Waals surface area contributed by atoms with E-state index in [9.17, 15) is 9.59 Å². The molecule has 0 aromatic heterocycles. The Hall–Kier alpha value is -2.82. The molecule has 0 aliphatic carbocycles. The molecule has 2 amide bonds. The van der Waals surface area contributed by atoms with Crippen LogP contribution in [0, 0.1) is 0 Å². The molecule has 0 unspecified atom stereocenters. The minimum absolute atomic E-state index is 0.0306. The maximum Gasteiger partial charge on any atom is 0.251 e. The summed E-state index contributed by atoms with van der Waals surface area (Å²) in [7, 11) is 0. The summed E-state index contributed by atoms with van der Waals surface area (Å²) in [4.78, 5) is 24.3. The Morgan fingerprint density at radius 2 is 1.65 bits per heavy atom. The first-order valence-corrected chi connectivity index (χ1v) is 8.71. The van der Waals surface area contributed by atoms with Gasteiger partial charge in [-0.2, -0.15) is 0 Å². The molecule has 0 bridgehead atoms. The lowest BCUT2D eigenvalue weighted by Gasteiger charge is -2.19. The number of hydrogen-bond acceptors (Lipinski definition) is 3. The van der Waals surface area contributed by atoms with Gasteiger partial charge in [-0.1, -0.05) is 45.0 Å². The molecule has 2 N–H and O–H groups in total. The van der Waals surface area contributed by atoms with Gasteiger partial charge in [-0.05, 0) is 42.2 Å². The number of carbonyl (C=O) groups excluding carboxylic acids is 2. The Balaban J connectivity index is 1.92. The lowest BCUT2D eigenvalue weighted by atomic mass is 9.87. The summed E-state index contributed by atoms with van der Waals surface area (Å²) in [6.07, 6.45) is 0. The number of carbonyl (C=O) groups is 2. The van der Waals surface area contributed by atoms with Gasteiger partial charge in [-0.25, -0.2) is 0 Å². The van der Waals surface area contributed by atoms with Gasteiger partial charge in [0, 0.05) is 5.56 Å². The SMILES string of the molecule is CCOc1ccccc1NC(=O)CNC(=O)c1ccc(C(C)(C)C)cc1. The van der Waals surface area contributed by atoms with Crippen LogP contribution in [0.15, 0.2) is 48.5 Å². The van der Waals surface area contributed by atoms with E-state index in [-0.39, 0.29) is 23.8 Å². The Morgan fingerprint density at radius 3 is 2.27 bits per heavy atom. The third kappa shape index (κ3) is 5.34. The summed E-state index contributed by atoms with van der Waals surface area (Å²) in [5.74, 6) is 0.0166. The van der Waals surface area contributed by atoms with E-state index in [0.717, 1.165) is 5.56 Å². The molecular formula is C21H26N2O3. The summed E-state index contributed by atoms with van der Waals surface area (Å²) in [5.41, 5.74) is 2.30. The average Bonchev–Trinajstić information content (AvgIpc) is 2.61. The van der Waals surface area contributed by atoms with Gasteiger partial charge in [0.2, 0.25) is 5.91 Å². The van der Waals surface area contributed by atoms with Gasteiger partial charge < -0.3 is 15.4 Å². The van der Waals surface area contributed by atoms with Crippen LogP contribution in [0.3, 0.4) is 0 Å². The Kier molecular flexibility index (Phi) is 6.39. The number of ether oxygens (including phenoxy) is 1. The highest BCUT2D eigenvalue weighted by molar-refractivity contribution is 5.99. The molecule has 0 fully saturated rings. The summed E-state index contributed by atoms with van der Waals surface area (Å²) in [5, 5.41) is 5.39. The number of hydrogen-bond donors (Lipinski definition) is 2. The van der Waals surface area contributed by atoms with Gasteiger partial charge >= 0.3 is 0 Å². The maximum atomic E-state index is 12.2. The first-order valence-electron chi connectivity index (χ1n) is 8.71. The smallest absolute Gasteiger partial charge is 0.251 e. The molecular weight excluding hydrogens is 328 g/mol. The van der Waals surface area contributed by atoms with Gasteiger partial charge in [0.05, 0.1) is 18.8 Å². The van der Waals surface area contributed by atoms with Crippen molar-refractivity contribution >= 4 is 17.5 Å². The second-order valence-electron chi connectivity index (χ2n) is 6.99. The topological polar surface area (TPSA) is 67.4 Å². The fourth-order valence-electron chi connectivity index (χ4n) is 2.43. The summed E-state index contributed by atoms with van der Waals surface area (Å²) < 4.78 is 5.47. The van der Waals surface area contributed by atoms with Crippen molar-refractivity contribution in [3.63, 3.8) is 0 Å². The largest absolute Gasteiger partial charge is 0.492 e. The predicted octanol–water partition coefficient (Wildman–Crippen LogP) is 3.75. The van der Waals surface area contributed by atoms with E-state index in [1.807, 2.05) is 31.2 Å². The van der Waals surface area contributed by atoms with E-state index in [4.69, 9.17) is 4.74 Å². The molecule has 0 aliphatic rings. The number of nitrogens with one attached hydrogen (secondary N) is 2. The highest BCUT2D eigenvalue weighted by Crippen LogP contribution is 2.23. The third-order valence-electron chi connectivity index (χ3n) is 3.88. The van der Waals surface area contributed by atoms with Crippen molar-refractivity contribution in [1.29, 1.82) is 0 Å². The first-order chi connectivity index (χ1) is 12.3. The molecule has 138 valence electrons. The van der Waals surface area contributed by atoms with Crippen LogP contribution in [-0.2, 0) is 10.2 Å². The molecule has 0 aliphatic heterocycles. The Labute approximate surface area is 154 Å². The lowest BCUT2D eigenvalue weighted by molar-refractivity contribution is -0.115. The predicted molar refractivity (Wildman–Crippen MR) is 104 cm³/mol. The fraction of sp³-hybridized carbons (Fsp3) is 0.333. The van der Waals surface area contributed by atoms with Crippen molar-refractivity contribution in [1.82, 2.24) is 5.32 Å². The molecule has 26 heavy (non-hydrogen) atoms. The molecule has 5 heteroatoms. The molecule has 0 atom stereocenters. The normalized spacial score (nSPS) is 10.9. The van der Waals surface area contributed by atoms with Gasteiger partial charge in [-0.15, -0.1) is 0 Å². The van der Waals surface area contributed by atoms with Crippen molar-refractivity contribution in [2.45, 2.75) is 33.1 Å². The zero-order chi connectivity index (χ0) is 19.2. The van der Waals surface area contributed by atoms with Gasteiger partial charge in [0.15, 0.2) is 0 Å². The molecule has 5 nitrogen and oxygen atoms in total. The summed E-state index contributed by atoms with van der Waals surface area (Å²) in [6, 6.07) is 14.6. The molecule has 0 radical (unpaired) electrons. The van der Waals surface area contributed by atoms with E-state index >= 15 is 0 Å². The molecule has 0 heterocycles. The molecule has 2 aromatic rings. The number of benzene rings is 2. The second kappa shape index (κ2) is 8.52. The monoisotopic (exact) mass is 354 g/mol. The van der Waals surface area contributed by atoms with Crippen molar-refractivity contribution in [2.24, 2.45) is 0 Å². The fourth-order valence-corrected chi connectivity index (χ4v) is 2.43. The van der Waals surface area contributed by atoms with Gasteiger partial charge in [-0.3, -0.25) is 9.59 Å². The van der Waals surface area contributed by atoms with Crippen LogP contribution in [0.2, 0.25) is 0 Å². The second-order valence-corrected chi connectivity index (χ2v) is 6.99. The third-order valence-corrected chi connectivity index (χ3v) is 3.88.